The molecule has 1 aromatic heterocycles. The smallest absolute Gasteiger partial charge is 0.250 e. The number of rotatable bonds is 7. The topological polar surface area (TPSA) is 94.0 Å². The van der Waals surface area contributed by atoms with Gasteiger partial charge < -0.3 is 15.6 Å². The lowest BCUT2D eigenvalue weighted by Crippen LogP contribution is -2.14. The summed E-state index contributed by atoms with van der Waals surface area (Å²) < 4.78 is 5.14. The highest BCUT2D eigenvalue weighted by molar-refractivity contribution is 5.98. The molecule has 0 aliphatic heterocycles. The van der Waals surface area contributed by atoms with Gasteiger partial charge in [0.05, 0.1) is 12.1 Å². The number of nitrogens with two attached hydrogens (primary N) is 1. The second-order valence-corrected chi connectivity index (χ2v) is 4.47. The van der Waals surface area contributed by atoms with E-state index in [-0.39, 0.29) is 0 Å². The van der Waals surface area contributed by atoms with Crippen molar-refractivity contribution in [3.8, 4) is 0 Å². The van der Waals surface area contributed by atoms with Gasteiger partial charge in [0, 0.05) is 12.1 Å². The van der Waals surface area contributed by atoms with Crippen LogP contribution in [0.4, 0.5) is 5.69 Å². The highest BCUT2D eigenvalue weighted by Crippen LogP contribution is 2.15. The van der Waals surface area contributed by atoms with Crippen molar-refractivity contribution in [2.75, 3.05) is 5.32 Å². The molecule has 0 spiro atoms. The first-order valence-electron chi connectivity index (χ1n) is 6.65. The van der Waals surface area contributed by atoms with E-state index >= 15 is 0 Å². The van der Waals surface area contributed by atoms with Crippen LogP contribution in [0.15, 0.2) is 28.8 Å². The van der Waals surface area contributed by atoms with E-state index in [1.165, 1.54) is 0 Å². The maximum absolute atomic E-state index is 11.3. The van der Waals surface area contributed by atoms with Crippen molar-refractivity contribution >= 4 is 11.6 Å². The third-order valence-electron chi connectivity index (χ3n) is 2.89. The molecular weight excluding hydrogens is 256 g/mol. The second kappa shape index (κ2) is 6.70. The number of hydrogen-bond donors (Lipinski definition) is 2. The van der Waals surface area contributed by atoms with Crippen LogP contribution in [0.1, 0.15) is 41.8 Å². The average Bonchev–Trinajstić information content (AvgIpc) is 2.91. The minimum absolute atomic E-state index is 0.365. The Labute approximate surface area is 117 Å². The first kappa shape index (κ1) is 14.0. The molecule has 3 N–H and O–H groups in total. The van der Waals surface area contributed by atoms with Crippen LogP contribution < -0.4 is 11.1 Å². The molecule has 106 valence electrons. The van der Waals surface area contributed by atoms with E-state index in [2.05, 4.69) is 22.4 Å². The summed E-state index contributed by atoms with van der Waals surface area (Å²) in [7, 11) is 0. The van der Waals surface area contributed by atoms with Crippen LogP contribution in [0.5, 0.6) is 0 Å². The predicted octanol–water partition coefficient (Wildman–Crippen LogP) is 2.12. The normalized spacial score (nSPS) is 10.4. The first-order chi connectivity index (χ1) is 9.70. The van der Waals surface area contributed by atoms with Crippen molar-refractivity contribution in [2.45, 2.75) is 32.7 Å². The SMILES string of the molecule is CCCCc1noc(CNc2ccccc2C(N)=O)n1. The van der Waals surface area contributed by atoms with Crippen LogP contribution in [-0.2, 0) is 13.0 Å². The highest BCUT2D eigenvalue weighted by Gasteiger charge is 2.09. The summed E-state index contributed by atoms with van der Waals surface area (Å²) in [5.74, 6) is 0.740. The molecule has 6 heteroatoms. The summed E-state index contributed by atoms with van der Waals surface area (Å²) in [5, 5.41) is 6.99. The Bertz CT molecular complexity index is 580. The van der Waals surface area contributed by atoms with E-state index in [9.17, 15) is 4.79 Å². The first-order valence-corrected chi connectivity index (χ1v) is 6.65. The summed E-state index contributed by atoms with van der Waals surface area (Å²) in [5.41, 5.74) is 6.42. The zero-order chi connectivity index (χ0) is 14.4. The zero-order valence-electron chi connectivity index (χ0n) is 11.4. The number of carbonyl (C=O) groups is 1. The number of aromatic nitrogens is 2. The van der Waals surface area contributed by atoms with E-state index in [0.717, 1.165) is 19.3 Å². The zero-order valence-corrected chi connectivity index (χ0v) is 11.4. The molecule has 1 aromatic carbocycles. The average molecular weight is 274 g/mol. The Balaban J connectivity index is 1.98. The summed E-state index contributed by atoms with van der Waals surface area (Å²) in [6.45, 7) is 2.48. The molecule has 20 heavy (non-hydrogen) atoms. The number of aryl methyl sites for hydroxylation is 1. The van der Waals surface area contributed by atoms with Crippen LogP contribution in [0, 0.1) is 0 Å². The Morgan fingerprint density at radius 1 is 1.40 bits per heavy atom. The standard InChI is InChI=1S/C14H18N4O2/c1-2-3-8-12-17-13(20-18-12)9-16-11-7-5-4-6-10(11)14(15)19/h4-7,16H,2-3,8-9H2,1H3,(H2,15,19). The molecule has 0 bridgehead atoms. The lowest BCUT2D eigenvalue weighted by Gasteiger charge is -2.07. The summed E-state index contributed by atoms with van der Waals surface area (Å²) in [6.07, 6.45) is 2.95. The van der Waals surface area contributed by atoms with E-state index < -0.39 is 5.91 Å². The van der Waals surface area contributed by atoms with Gasteiger partial charge in [-0.3, -0.25) is 4.79 Å². The van der Waals surface area contributed by atoms with Gasteiger partial charge in [0.25, 0.3) is 5.91 Å². The molecule has 2 rings (SSSR count). The van der Waals surface area contributed by atoms with E-state index in [1.807, 2.05) is 6.07 Å². The van der Waals surface area contributed by atoms with Gasteiger partial charge >= 0.3 is 0 Å². The molecule has 0 saturated heterocycles. The fraction of sp³-hybridized carbons (Fsp3) is 0.357. The molecular formula is C14H18N4O2. The van der Waals surface area contributed by atoms with E-state index in [4.69, 9.17) is 10.3 Å². The van der Waals surface area contributed by atoms with Gasteiger partial charge in [-0.25, -0.2) is 0 Å². The fourth-order valence-corrected chi connectivity index (χ4v) is 1.82. The van der Waals surface area contributed by atoms with E-state index in [0.29, 0.717) is 29.5 Å². The quantitative estimate of drug-likeness (QED) is 0.806. The number of para-hydroxylation sites is 1. The molecule has 0 radical (unpaired) electrons. The van der Waals surface area contributed by atoms with Crippen LogP contribution in [-0.4, -0.2) is 16.0 Å². The van der Waals surface area contributed by atoms with Crippen LogP contribution in [0.3, 0.4) is 0 Å². The second-order valence-electron chi connectivity index (χ2n) is 4.47. The third-order valence-corrected chi connectivity index (χ3v) is 2.89. The molecule has 0 aliphatic rings. The van der Waals surface area contributed by atoms with Crippen molar-refractivity contribution in [1.29, 1.82) is 0 Å². The van der Waals surface area contributed by atoms with E-state index in [1.54, 1.807) is 18.2 Å². The molecule has 0 unspecified atom stereocenters. The van der Waals surface area contributed by atoms with Crippen molar-refractivity contribution in [1.82, 2.24) is 10.1 Å². The highest BCUT2D eigenvalue weighted by atomic mass is 16.5. The summed E-state index contributed by atoms with van der Waals surface area (Å²) in [6, 6.07) is 7.05. The predicted molar refractivity (Wildman–Crippen MR) is 75.2 cm³/mol. The van der Waals surface area contributed by atoms with Gasteiger partial charge in [-0.05, 0) is 18.6 Å². The number of benzene rings is 1. The van der Waals surface area contributed by atoms with Gasteiger partial charge in [-0.1, -0.05) is 30.6 Å². The van der Waals surface area contributed by atoms with Crippen LogP contribution in [0.2, 0.25) is 0 Å². The number of unbranched alkanes of at least 4 members (excludes halogenated alkanes) is 1. The number of nitrogens with one attached hydrogen (secondary N) is 1. The molecule has 2 aromatic rings. The lowest BCUT2D eigenvalue weighted by atomic mass is 10.1. The number of primary amides is 1. The Kier molecular flexibility index (Phi) is 4.70. The Hall–Kier alpha value is -2.37. The molecule has 0 fully saturated rings. The third kappa shape index (κ3) is 3.57. The minimum Gasteiger partial charge on any atom is -0.375 e. The minimum atomic E-state index is -0.470. The monoisotopic (exact) mass is 274 g/mol. The molecule has 1 amide bonds. The van der Waals surface area contributed by atoms with Gasteiger partial charge in [-0.15, -0.1) is 0 Å². The maximum atomic E-state index is 11.3. The summed E-state index contributed by atoms with van der Waals surface area (Å²) in [4.78, 5) is 15.6. The number of carbonyl (C=O) groups excluding carboxylic acids is 1. The number of anilines is 1. The van der Waals surface area contributed by atoms with Gasteiger partial charge in [-0.2, -0.15) is 4.98 Å². The van der Waals surface area contributed by atoms with Crippen molar-refractivity contribution < 1.29 is 9.32 Å². The number of nitrogens with zero attached hydrogens (tertiary/aromatic N) is 2. The van der Waals surface area contributed by atoms with Crippen molar-refractivity contribution in [2.24, 2.45) is 5.73 Å². The largest absolute Gasteiger partial charge is 0.375 e. The van der Waals surface area contributed by atoms with Crippen molar-refractivity contribution in [3.63, 3.8) is 0 Å². The maximum Gasteiger partial charge on any atom is 0.250 e. The van der Waals surface area contributed by atoms with Gasteiger partial charge in [0.1, 0.15) is 0 Å². The van der Waals surface area contributed by atoms with Gasteiger partial charge in [0.2, 0.25) is 5.89 Å². The molecule has 0 saturated carbocycles. The Morgan fingerprint density at radius 2 is 2.20 bits per heavy atom. The van der Waals surface area contributed by atoms with Crippen LogP contribution >= 0.6 is 0 Å². The number of amides is 1. The number of hydrogen-bond acceptors (Lipinski definition) is 5. The molecule has 6 nitrogen and oxygen atoms in total. The molecule has 0 aliphatic carbocycles. The molecule has 1 heterocycles. The molecule has 0 atom stereocenters. The summed E-state index contributed by atoms with van der Waals surface area (Å²) >= 11 is 0. The fourth-order valence-electron chi connectivity index (χ4n) is 1.82. The lowest BCUT2D eigenvalue weighted by molar-refractivity contribution is 0.100. The van der Waals surface area contributed by atoms with Crippen molar-refractivity contribution in [3.05, 3.63) is 41.5 Å². The Morgan fingerprint density at radius 3 is 2.95 bits per heavy atom. The van der Waals surface area contributed by atoms with Gasteiger partial charge in [0.15, 0.2) is 5.82 Å². The van der Waals surface area contributed by atoms with Crippen LogP contribution in [0.25, 0.3) is 0 Å².